The Bertz CT molecular complexity index is 2600. The van der Waals surface area contributed by atoms with Gasteiger partial charge in [-0.2, -0.15) is 0 Å². The highest BCUT2D eigenvalue weighted by Crippen LogP contribution is 2.57. The zero-order chi connectivity index (χ0) is 46.8. The first-order valence-electron chi connectivity index (χ1n) is 23.0. The predicted molar refractivity (Wildman–Crippen MR) is 273 cm³/mol. The fourth-order valence-corrected chi connectivity index (χ4v) is 9.21. The molecule has 64 heavy (non-hydrogen) atoms. The van der Waals surface area contributed by atoms with E-state index in [1.807, 2.05) is 52.0 Å². The van der Waals surface area contributed by atoms with Crippen LogP contribution in [-0.4, -0.2) is 0 Å². The van der Waals surface area contributed by atoms with Gasteiger partial charge < -0.3 is 0 Å². The molecule has 0 saturated carbocycles. The van der Waals surface area contributed by atoms with Gasteiger partial charge in [-0.15, -0.1) is 0 Å². The molecule has 7 rings (SSSR count). The average Bonchev–Trinajstić information content (AvgIpc) is 3.22. The van der Waals surface area contributed by atoms with Gasteiger partial charge in [-0.25, -0.2) is 8.78 Å². The highest BCUT2D eigenvalue weighted by molar-refractivity contribution is 6.15. The first kappa shape index (κ1) is 46.4. The molecule has 0 aliphatic carbocycles. The van der Waals surface area contributed by atoms with E-state index in [0.717, 1.165) is 66.8 Å². The molecule has 0 aromatic heterocycles. The molecule has 0 unspecified atom stereocenters. The summed E-state index contributed by atoms with van der Waals surface area (Å²) in [6, 6.07) is 44.4. The number of aryl methyl sites for hydroxylation is 4. The Balaban J connectivity index is 1.84. The Hall–Kier alpha value is -5.60. The summed E-state index contributed by atoms with van der Waals surface area (Å²) in [5, 5.41) is 0. The van der Waals surface area contributed by atoms with E-state index in [1.54, 1.807) is 0 Å². The van der Waals surface area contributed by atoms with Crippen LogP contribution < -0.4 is 0 Å². The summed E-state index contributed by atoms with van der Waals surface area (Å²) in [6.07, 6.45) is 0. The third-order valence-electron chi connectivity index (χ3n) is 13.1. The van der Waals surface area contributed by atoms with Gasteiger partial charge in [-0.05, 0) is 185 Å². The van der Waals surface area contributed by atoms with Crippen molar-refractivity contribution in [2.75, 3.05) is 0 Å². The van der Waals surface area contributed by atoms with Crippen molar-refractivity contribution < 1.29 is 8.78 Å². The zero-order valence-corrected chi connectivity index (χ0v) is 41.3. The topological polar surface area (TPSA) is 0 Å². The van der Waals surface area contributed by atoms with Crippen LogP contribution in [0.15, 0.2) is 121 Å². The number of halogens is 2. The van der Waals surface area contributed by atoms with E-state index < -0.39 is 0 Å². The van der Waals surface area contributed by atoms with E-state index in [-0.39, 0.29) is 33.3 Å². The third-order valence-corrected chi connectivity index (χ3v) is 13.1. The van der Waals surface area contributed by atoms with Crippen LogP contribution >= 0.6 is 0 Å². The molecule has 0 aliphatic heterocycles. The zero-order valence-electron chi connectivity index (χ0n) is 41.3. The Morgan fingerprint density at radius 2 is 0.406 bits per heavy atom. The molecule has 7 aromatic rings. The second-order valence-corrected chi connectivity index (χ2v) is 22.4. The van der Waals surface area contributed by atoms with Gasteiger partial charge in [0.1, 0.15) is 11.6 Å². The van der Waals surface area contributed by atoms with Crippen molar-refractivity contribution in [2.24, 2.45) is 0 Å². The number of hydrogen-bond acceptors (Lipinski definition) is 0. The average molecular weight is 851 g/mol. The second kappa shape index (κ2) is 16.8. The molecule has 0 amide bonds. The third kappa shape index (κ3) is 9.04. The summed E-state index contributed by atoms with van der Waals surface area (Å²) in [5.74, 6) is -0.414. The predicted octanol–water partition coefficient (Wildman–Crippen LogP) is 18.4. The van der Waals surface area contributed by atoms with Crippen LogP contribution in [0.3, 0.4) is 0 Å². The highest BCUT2D eigenvalue weighted by Gasteiger charge is 2.31. The van der Waals surface area contributed by atoms with Crippen LogP contribution in [0.25, 0.3) is 66.8 Å². The molecule has 0 nitrogen and oxygen atoms in total. The fourth-order valence-electron chi connectivity index (χ4n) is 9.21. The summed E-state index contributed by atoms with van der Waals surface area (Å²) in [4.78, 5) is 0. The van der Waals surface area contributed by atoms with E-state index in [2.05, 4.69) is 180 Å². The summed E-state index contributed by atoms with van der Waals surface area (Å²) < 4.78 is 31.8. The van der Waals surface area contributed by atoms with Crippen LogP contribution in [0.1, 0.15) is 128 Å². The first-order chi connectivity index (χ1) is 29.8. The van der Waals surface area contributed by atoms with E-state index >= 15 is 8.78 Å². The molecule has 0 N–H and O–H groups in total. The molecule has 0 saturated heterocycles. The first-order valence-corrected chi connectivity index (χ1v) is 23.0. The molecule has 0 heterocycles. The molecule has 330 valence electrons. The maximum atomic E-state index is 15.9. The maximum absolute atomic E-state index is 15.9. The molecule has 0 aliphatic rings. The van der Waals surface area contributed by atoms with Gasteiger partial charge >= 0.3 is 0 Å². The molecule has 0 atom stereocenters. The van der Waals surface area contributed by atoms with Crippen molar-refractivity contribution in [3.8, 4) is 66.8 Å². The highest BCUT2D eigenvalue weighted by atomic mass is 19.1. The van der Waals surface area contributed by atoms with Crippen LogP contribution in [0.2, 0.25) is 0 Å². The smallest absolute Gasteiger partial charge is 0.129 e. The van der Waals surface area contributed by atoms with Crippen LogP contribution in [-0.2, 0) is 21.7 Å². The minimum atomic E-state index is -0.207. The van der Waals surface area contributed by atoms with E-state index in [1.165, 1.54) is 22.3 Å². The Kier molecular flexibility index (Phi) is 12.1. The van der Waals surface area contributed by atoms with Gasteiger partial charge in [-0.3, -0.25) is 0 Å². The quantitative estimate of drug-likeness (QED) is 0.156. The fraction of sp³-hybridized carbons (Fsp3) is 0.323. The molecule has 0 spiro atoms. The minimum Gasteiger partial charge on any atom is -0.206 e. The Morgan fingerprint density at radius 3 is 0.562 bits per heavy atom. The van der Waals surface area contributed by atoms with Gasteiger partial charge in [0.25, 0.3) is 0 Å². The molecular formula is C62H68F2. The van der Waals surface area contributed by atoms with Crippen LogP contribution in [0.4, 0.5) is 8.78 Å². The number of hydrogen-bond donors (Lipinski definition) is 0. The molecule has 2 heteroatoms. The normalized spacial score (nSPS) is 12.5. The van der Waals surface area contributed by atoms with Gasteiger partial charge in [0, 0.05) is 0 Å². The lowest BCUT2D eigenvalue weighted by molar-refractivity contribution is 0.590. The van der Waals surface area contributed by atoms with Crippen molar-refractivity contribution in [3.05, 3.63) is 177 Å². The molecule has 7 aromatic carbocycles. The van der Waals surface area contributed by atoms with Crippen molar-refractivity contribution in [1.29, 1.82) is 0 Å². The van der Waals surface area contributed by atoms with Crippen LogP contribution in [0.5, 0.6) is 0 Å². The molecular weight excluding hydrogens is 783 g/mol. The monoisotopic (exact) mass is 851 g/mol. The maximum Gasteiger partial charge on any atom is 0.129 e. The lowest BCUT2D eigenvalue weighted by Crippen LogP contribution is -2.11. The van der Waals surface area contributed by atoms with E-state index in [4.69, 9.17) is 0 Å². The number of benzene rings is 7. The molecule has 0 radical (unpaired) electrons. The Morgan fingerprint density at radius 1 is 0.250 bits per heavy atom. The largest absolute Gasteiger partial charge is 0.206 e. The SMILES string of the molecule is Cc1cc(-c2c(-c3ccc(C(C)(C)C)cc3)c(-c3ccc(C(C)(C)C)cc3)c(-c3ccc(C(C)(C)C)cc3)c(-c3ccc(C(C)(C)C)cc3)c2-c2cc(C)c(F)c(C)c2)cc(C)c1F. The summed E-state index contributed by atoms with van der Waals surface area (Å²) >= 11 is 0. The van der Waals surface area contributed by atoms with E-state index in [0.29, 0.717) is 22.3 Å². The lowest BCUT2D eigenvalue weighted by atomic mass is 9.72. The Labute approximate surface area is 383 Å². The number of rotatable bonds is 6. The van der Waals surface area contributed by atoms with Crippen molar-refractivity contribution in [3.63, 3.8) is 0 Å². The van der Waals surface area contributed by atoms with Crippen molar-refractivity contribution in [1.82, 2.24) is 0 Å². The second-order valence-electron chi connectivity index (χ2n) is 22.4. The minimum absolute atomic E-state index is 0.0494. The summed E-state index contributed by atoms with van der Waals surface area (Å²) in [5.41, 5.74) is 19.4. The summed E-state index contributed by atoms with van der Waals surface area (Å²) in [7, 11) is 0. The summed E-state index contributed by atoms with van der Waals surface area (Å²) in [6.45, 7) is 34.4. The van der Waals surface area contributed by atoms with Crippen molar-refractivity contribution in [2.45, 2.75) is 132 Å². The van der Waals surface area contributed by atoms with Gasteiger partial charge in [0.15, 0.2) is 0 Å². The van der Waals surface area contributed by atoms with Crippen molar-refractivity contribution >= 4 is 0 Å². The van der Waals surface area contributed by atoms with Crippen LogP contribution in [0, 0.1) is 39.3 Å². The van der Waals surface area contributed by atoms with Gasteiger partial charge in [0.2, 0.25) is 0 Å². The van der Waals surface area contributed by atoms with Gasteiger partial charge in [0.05, 0.1) is 0 Å². The van der Waals surface area contributed by atoms with E-state index in [9.17, 15) is 0 Å². The van der Waals surface area contributed by atoms with Gasteiger partial charge in [-0.1, -0.05) is 180 Å². The molecule has 0 fully saturated rings. The standard InChI is InChI=1S/C62H68F2/c1-37-33-45(34-38(2)57(37)63)55-53(43-21-29-49(30-22-43)61(11,12)13)51(41-17-25-47(26-18-41)59(5,6)7)52(42-19-27-48(28-20-42)60(8,9)10)54(44-23-31-50(32-24-44)62(14,15)16)56(55)46-35-39(3)58(64)40(4)36-46/h17-36H,1-16H3. The molecule has 0 bridgehead atoms. The lowest BCUT2D eigenvalue weighted by Gasteiger charge is -2.30.